The van der Waals surface area contributed by atoms with Crippen molar-refractivity contribution in [3.63, 3.8) is 0 Å². The van der Waals surface area contributed by atoms with E-state index in [1.54, 1.807) is 37.4 Å². The highest BCUT2D eigenvalue weighted by atomic mass is 35.5. The highest BCUT2D eigenvalue weighted by Crippen LogP contribution is 2.43. The maximum atomic E-state index is 14.0. The zero-order chi connectivity index (χ0) is 44.5. The van der Waals surface area contributed by atoms with Gasteiger partial charge in [-0.05, 0) is 103 Å². The van der Waals surface area contributed by atoms with Crippen molar-refractivity contribution in [3.05, 3.63) is 121 Å². The molecular weight excluding hydrogens is 846 g/mol. The van der Waals surface area contributed by atoms with Crippen molar-refractivity contribution in [1.82, 2.24) is 19.2 Å². The van der Waals surface area contributed by atoms with E-state index >= 15 is 0 Å². The number of halogens is 1. The summed E-state index contributed by atoms with van der Waals surface area (Å²) in [5.41, 5.74) is 5.30. The predicted molar refractivity (Wildman–Crippen MR) is 244 cm³/mol. The molecule has 3 aliphatic rings. The van der Waals surface area contributed by atoms with Gasteiger partial charge in [0.05, 0.1) is 20.9 Å². The van der Waals surface area contributed by atoms with Crippen LogP contribution in [0.2, 0.25) is 5.02 Å². The predicted octanol–water partition coefficient (Wildman–Crippen LogP) is 7.96. The van der Waals surface area contributed by atoms with Gasteiger partial charge in [-0.15, -0.1) is 0 Å². The van der Waals surface area contributed by atoms with Crippen LogP contribution in [0.4, 0.5) is 17.1 Å². The number of amides is 1. The Labute approximate surface area is 371 Å². The molecule has 332 valence electrons. The molecule has 3 N–H and O–H groups in total. The summed E-state index contributed by atoms with van der Waals surface area (Å²) in [6, 6.07) is 21.7. The SMILES string of the molecule is Cn1c(=O)[nH]c2cccc(Oc3cc(N4CCN(CC5=C(c6ccc(Cl)cc6)CC(C)(C)CC5)CC4)ccc3C(=O)NS(=O)(=O)c3ccc(NCC4CCOCC4)c([N+](=O)[O-])c3)c21. The average Bonchev–Trinajstić information content (AvgIpc) is 3.56. The molecule has 2 aliphatic heterocycles. The number of rotatable bonds is 13. The zero-order valence-corrected chi connectivity index (χ0v) is 37.2. The molecule has 17 heteroatoms. The number of H-pyrrole nitrogens is 1. The molecule has 0 unspecified atom stereocenters. The van der Waals surface area contributed by atoms with E-state index in [0.29, 0.717) is 43.9 Å². The highest BCUT2D eigenvalue weighted by molar-refractivity contribution is 7.90. The number of nitro groups is 1. The number of imidazole rings is 1. The van der Waals surface area contributed by atoms with Crippen molar-refractivity contribution in [2.75, 3.05) is 62.7 Å². The van der Waals surface area contributed by atoms with E-state index in [1.807, 2.05) is 12.1 Å². The molecule has 0 radical (unpaired) electrons. The number of carbonyl (C=O) groups is 1. The Balaban J connectivity index is 1.03. The zero-order valence-electron chi connectivity index (χ0n) is 35.6. The smallest absolute Gasteiger partial charge is 0.326 e. The van der Waals surface area contributed by atoms with Gasteiger partial charge in [0, 0.05) is 82.4 Å². The van der Waals surface area contributed by atoms with E-state index in [9.17, 15) is 28.1 Å². The highest BCUT2D eigenvalue weighted by Gasteiger charge is 2.31. The van der Waals surface area contributed by atoms with Crippen LogP contribution in [0, 0.1) is 21.4 Å². The molecule has 63 heavy (non-hydrogen) atoms. The Morgan fingerprint density at radius 1 is 1.00 bits per heavy atom. The number of piperazine rings is 1. The second kappa shape index (κ2) is 18.2. The number of benzene rings is 4. The molecule has 2 fully saturated rings. The summed E-state index contributed by atoms with van der Waals surface area (Å²) in [6.07, 6.45) is 4.77. The first-order valence-corrected chi connectivity index (χ1v) is 23.1. The van der Waals surface area contributed by atoms with Gasteiger partial charge in [0.1, 0.15) is 17.0 Å². The van der Waals surface area contributed by atoms with E-state index in [-0.39, 0.29) is 39.8 Å². The fraction of sp³-hybridized carbons (Fsp3) is 0.391. The molecule has 8 rings (SSSR count). The van der Waals surface area contributed by atoms with E-state index in [2.05, 4.69) is 50.8 Å². The first-order valence-electron chi connectivity index (χ1n) is 21.2. The van der Waals surface area contributed by atoms with Gasteiger partial charge < -0.3 is 24.7 Å². The van der Waals surface area contributed by atoms with Gasteiger partial charge in [0.2, 0.25) is 0 Å². The summed E-state index contributed by atoms with van der Waals surface area (Å²) in [6.45, 7) is 10.2. The molecular formula is C46H52ClN7O8S. The van der Waals surface area contributed by atoms with Gasteiger partial charge >= 0.3 is 5.69 Å². The Hall–Kier alpha value is -5.68. The third-order valence-corrected chi connectivity index (χ3v) is 14.0. The molecule has 1 aromatic heterocycles. The molecule has 3 heterocycles. The van der Waals surface area contributed by atoms with Crippen LogP contribution in [0.3, 0.4) is 0 Å². The standard InChI is InChI=1S/C46H52ClN7O8S/c1-46(2)18-15-32(37(27-46)31-7-9-33(47)10-8-31)29-52-19-21-53(22-20-52)34-11-13-36(42(25-34)62-41-6-4-5-39-43(41)51(3)45(56)49-39)44(55)50-63(59,60)35-12-14-38(40(26-35)54(57)58)48-28-30-16-23-61-24-17-30/h4-14,25-26,30,48H,15-24,27-29H2,1-3H3,(H,49,56)(H,50,55). The number of anilines is 2. The lowest BCUT2D eigenvalue weighted by atomic mass is 9.72. The van der Waals surface area contributed by atoms with E-state index in [0.717, 1.165) is 68.5 Å². The maximum Gasteiger partial charge on any atom is 0.326 e. The largest absolute Gasteiger partial charge is 0.454 e. The number of ether oxygens (including phenoxy) is 2. The molecule has 5 aromatic rings. The quantitative estimate of drug-likeness (QED) is 0.0771. The summed E-state index contributed by atoms with van der Waals surface area (Å²) in [5.74, 6) is -0.409. The summed E-state index contributed by atoms with van der Waals surface area (Å²) < 4.78 is 42.8. The number of nitro benzene ring substituents is 1. The number of sulfonamides is 1. The third-order valence-electron chi connectivity index (χ3n) is 12.5. The number of nitrogens with zero attached hydrogens (tertiary/aromatic N) is 4. The Bertz CT molecular complexity index is 2730. The molecule has 0 atom stereocenters. The number of hydrogen-bond acceptors (Lipinski definition) is 11. The van der Waals surface area contributed by atoms with E-state index in [1.165, 1.54) is 39.5 Å². The van der Waals surface area contributed by atoms with Crippen LogP contribution in [-0.4, -0.2) is 86.2 Å². The number of fused-ring (bicyclic) bond motifs is 1. The van der Waals surface area contributed by atoms with Crippen LogP contribution >= 0.6 is 11.6 Å². The van der Waals surface area contributed by atoms with Crippen molar-refractivity contribution >= 4 is 61.2 Å². The van der Waals surface area contributed by atoms with Gasteiger partial charge in [-0.2, -0.15) is 0 Å². The number of para-hydroxylation sites is 1. The lowest BCUT2D eigenvalue weighted by molar-refractivity contribution is -0.384. The molecule has 1 aliphatic carbocycles. The van der Waals surface area contributed by atoms with E-state index < -0.39 is 31.4 Å². The topological polar surface area (TPSA) is 181 Å². The fourth-order valence-corrected chi connectivity index (χ4v) is 9.88. The van der Waals surface area contributed by atoms with Gasteiger partial charge in [-0.1, -0.05) is 49.2 Å². The monoisotopic (exact) mass is 897 g/mol. The Morgan fingerprint density at radius 2 is 1.75 bits per heavy atom. The molecule has 1 amide bonds. The molecule has 4 aromatic carbocycles. The molecule has 15 nitrogen and oxygen atoms in total. The van der Waals surface area contributed by atoms with Crippen molar-refractivity contribution < 1.29 is 27.6 Å². The van der Waals surface area contributed by atoms with Crippen LogP contribution in [0.5, 0.6) is 11.5 Å². The normalized spacial score (nSPS) is 17.5. The van der Waals surface area contributed by atoms with Gasteiger partial charge in [-0.25, -0.2) is 17.9 Å². The fourth-order valence-electron chi connectivity index (χ4n) is 8.77. The van der Waals surface area contributed by atoms with Gasteiger partial charge in [0.15, 0.2) is 5.75 Å². The van der Waals surface area contributed by atoms with Crippen LogP contribution in [0.15, 0.2) is 94.1 Å². The number of carbonyl (C=O) groups excluding carboxylic acids is 1. The summed E-state index contributed by atoms with van der Waals surface area (Å²) in [7, 11) is -3.01. The Morgan fingerprint density at radius 3 is 2.48 bits per heavy atom. The van der Waals surface area contributed by atoms with Gasteiger partial charge in [0.25, 0.3) is 21.6 Å². The average molecular weight is 898 g/mol. The number of nitrogens with one attached hydrogen (secondary N) is 3. The second-order valence-corrected chi connectivity index (χ2v) is 19.5. The number of allylic oxidation sites excluding steroid dienone is 1. The minimum atomic E-state index is -4.60. The van der Waals surface area contributed by atoms with Crippen molar-refractivity contribution in [2.24, 2.45) is 18.4 Å². The third kappa shape index (κ3) is 9.94. The minimum absolute atomic E-state index is 0.0602. The second-order valence-electron chi connectivity index (χ2n) is 17.4. The number of aromatic amines is 1. The number of aromatic nitrogens is 2. The summed E-state index contributed by atoms with van der Waals surface area (Å²) >= 11 is 6.24. The molecule has 0 saturated carbocycles. The van der Waals surface area contributed by atoms with Crippen LogP contribution < -0.4 is 25.4 Å². The van der Waals surface area contributed by atoms with Crippen molar-refractivity contribution in [1.29, 1.82) is 0 Å². The first-order chi connectivity index (χ1) is 30.1. The van der Waals surface area contributed by atoms with Crippen LogP contribution in [0.1, 0.15) is 61.9 Å². The lowest BCUT2D eigenvalue weighted by Gasteiger charge is -2.39. The Kier molecular flexibility index (Phi) is 12.7. The maximum absolute atomic E-state index is 14.0. The van der Waals surface area contributed by atoms with Crippen molar-refractivity contribution in [2.45, 2.75) is 50.8 Å². The minimum Gasteiger partial charge on any atom is -0.454 e. The van der Waals surface area contributed by atoms with E-state index in [4.69, 9.17) is 21.1 Å². The van der Waals surface area contributed by atoms with Crippen molar-refractivity contribution in [3.8, 4) is 11.5 Å². The van der Waals surface area contributed by atoms with Gasteiger partial charge in [-0.3, -0.25) is 24.4 Å². The molecule has 0 bridgehead atoms. The lowest BCUT2D eigenvalue weighted by Crippen LogP contribution is -2.47. The van der Waals surface area contributed by atoms with Crippen LogP contribution in [0.25, 0.3) is 16.6 Å². The first kappa shape index (κ1) is 43.9. The number of hydrogen-bond donors (Lipinski definition) is 3. The number of aryl methyl sites for hydroxylation is 1. The molecule has 0 spiro atoms. The van der Waals surface area contributed by atoms with Crippen LogP contribution in [-0.2, 0) is 21.8 Å². The summed E-state index contributed by atoms with van der Waals surface area (Å²) in [5, 5.41) is 15.9. The summed E-state index contributed by atoms with van der Waals surface area (Å²) in [4.78, 5) is 45.1. The molecule has 2 saturated heterocycles.